The number of carbonyl (C=O) groups is 1. The number of hydrogen-bond donors (Lipinski definition) is 0. The van der Waals surface area contributed by atoms with Crippen LogP contribution in [-0.2, 0) is 9.53 Å². The molecule has 2 rings (SSSR count). The molecule has 0 aromatic rings. The summed E-state index contributed by atoms with van der Waals surface area (Å²) in [5.74, 6) is 1.55. The van der Waals surface area contributed by atoms with Crippen molar-refractivity contribution in [2.75, 3.05) is 13.7 Å². The predicted octanol–water partition coefficient (Wildman–Crippen LogP) is 3.22. The van der Waals surface area contributed by atoms with Gasteiger partial charge in [-0.2, -0.15) is 0 Å². The largest absolute Gasteiger partial charge is 0.384 e. The fraction of sp³-hybridized carbons (Fsp3) is 0.800. The summed E-state index contributed by atoms with van der Waals surface area (Å²) >= 11 is 0. The van der Waals surface area contributed by atoms with E-state index in [1.54, 1.807) is 0 Å². The molecule has 0 N–H and O–H groups in total. The molecule has 0 amide bonds. The quantitative estimate of drug-likeness (QED) is 0.541. The Labute approximate surface area is 104 Å². The van der Waals surface area contributed by atoms with Crippen LogP contribution in [0.4, 0.5) is 0 Å². The van der Waals surface area contributed by atoms with E-state index in [1.807, 2.05) is 14.0 Å². The van der Waals surface area contributed by atoms with Crippen LogP contribution in [0.15, 0.2) is 11.6 Å². The van der Waals surface area contributed by atoms with Crippen LogP contribution in [0, 0.1) is 22.7 Å². The number of fused-ring (bicyclic) bond motifs is 1. The average Bonchev–Trinajstić information content (AvgIpc) is 2.94. The minimum atomic E-state index is 0.341. The Morgan fingerprint density at radius 1 is 1.47 bits per heavy atom. The SMILES string of the molecule is COCC12CC1CC(CC=C(C)C=O)C2(C)C. The van der Waals surface area contributed by atoms with E-state index in [0.717, 1.165) is 30.8 Å². The van der Waals surface area contributed by atoms with Crippen LogP contribution in [-0.4, -0.2) is 20.0 Å². The summed E-state index contributed by atoms with van der Waals surface area (Å²) < 4.78 is 5.43. The fourth-order valence-corrected chi connectivity index (χ4v) is 3.91. The summed E-state index contributed by atoms with van der Waals surface area (Å²) in [5.41, 5.74) is 1.63. The molecule has 0 heterocycles. The molecule has 0 bridgehead atoms. The number of aldehydes is 1. The predicted molar refractivity (Wildman–Crippen MR) is 68.7 cm³/mol. The third-order valence-corrected chi connectivity index (χ3v) is 5.42. The second-order valence-corrected chi connectivity index (χ2v) is 6.45. The van der Waals surface area contributed by atoms with Crippen molar-refractivity contribution in [3.63, 3.8) is 0 Å². The molecule has 0 aromatic heterocycles. The number of rotatable bonds is 5. The highest BCUT2D eigenvalue weighted by atomic mass is 16.5. The molecule has 2 aliphatic carbocycles. The van der Waals surface area contributed by atoms with Crippen LogP contribution < -0.4 is 0 Å². The van der Waals surface area contributed by atoms with E-state index >= 15 is 0 Å². The van der Waals surface area contributed by atoms with Crippen molar-refractivity contribution in [3.05, 3.63) is 11.6 Å². The van der Waals surface area contributed by atoms with E-state index in [9.17, 15) is 4.79 Å². The van der Waals surface area contributed by atoms with E-state index in [4.69, 9.17) is 4.74 Å². The first-order valence-electron chi connectivity index (χ1n) is 6.59. The second-order valence-electron chi connectivity index (χ2n) is 6.45. The van der Waals surface area contributed by atoms with Gasteiger partial charge in [0, 0.05) is 12.5 Å². The first kappa shape index (κ1) is 12.8. The van der Waals surface area contributed by atoms with Gasteiger partial charge in [-0.3, -0.25) is 4.79 Å². The van der Waals surface area contributed by atoms with Gasteiger partial charge in [-0.1, -0.05) is 19.9 Å². The van der Waals surface area contributed by atoms with E-state index < -0.39 is 0 Å². The van der Waals surface area contributed by atoms with Crippen LogP contribution in [0.1, 0.15) is 40.0 Å². The van der Waals surface area contributed by atoms with Crippen molar-refractivity contribution in [2.24, 2.45) is 22.7 Å². The molecule has 0 aliphatic heterocycles. The van der Waals surface area contributed by atoms with Gasteiger partial charge in [0.1, 0.15) is 6.29 Å². The lowest BCUT2D eigenvalue weighted by atomic mass is 9.69. The van der Waals surface area contributed by atoms with Crippen molar-refractivity contribution in [2.45, 2.75) is 40.0 Å². The highest BCUT2D eigenvalue weighted by molar-refractivity contribution is 5.71. The molecular formula is C15H24O2. The first-order chi connectivity index (χ1) is 7.98. The van der Waals surface area contributed by atoms with Crippen molar-refractivity contribution < 1.29 is 9.53 Å². The van der Waals surface area contributed by atoms with Gasteiger partial charge in [0.25, 0.3) is 0 Å². The van der Waals surface area contributed by atoms with Gasteiger partial charge in [-0.15, -0.1) is 0 Å². The molecule has 0 radical (unpaired) electrons. The van der Waals surface area contributed by atoms with Crippen molar-refractivity contribution in [1.82, 2.24) is 0 Å². The highest BCUT2D eigenvalue weighted by Gasteiger charge is 2.69. The van der Waals surface area contributed by atoms with E-state index in [-0.39, 0.29) is 0 Å². The Hall–Kier alpha value is -0.630. The van der Waals surface area contributed by atoms with Gasteiger partial charge in [0.05, 0.1) is 6.61 Å². The van der Waals surface area contributed by atoms with Crippen LogP contribution in [0.2, 0.25) is 0 Å². The van der Waals surface area contributed by atoms with Gasteiger partial charge in [0.2, 0.25) is 0 Å². The smallest absolute Gasteiger partial charge is 0.145 e. The van der Waals surface area contributed by atoms with Gasteiger partial charge in [0.15, 0.2) is 0 Å². The normalized spacial score (nSPS) is 38.9. The van der Waals surface area contributed by atoms with Crippen molar-refractivity contribution >= 4 is 6.29 Å². The number of hydrogen-bond acceptors (Lipinski definition) is 2. The number of carbonyl (C=O) groups excluding carboxylic acids is 1. The number of ether oxygens (including phenoxy) is 1. The maximum absolute atomic E-state index is 10.6. The second kappa shape index (κ2) is 4.24. The Balaban J connectivity index is 2.06. The molecule has 96 valence electrons. The molecule has 3 atom stereocenters. The number of allylic oxidation sites excluding steroid dienone is 2. The Morgan fingerprint density at radius 3 is 2.76 bits per heavy atom. The molecule has 2 aliphatic rings. The third-order valence-electron chi connectivity index (χ3n) is 5.42. The molecule has 0 spiro atoms. The molecular weight excluding hydrogens is 212 g/mol. The topological polar surface area (TPSA) is 26.3 Å². The van der Waals surface area contributed by atoms with Gasteiger partial charge >= 0.3 is 0 Å². The average molecular weight is 236 g/mol. The Kier molecular flexibility index (Phi) is 3.19. The Morgan fingerprint density at radius 2 is 2.18 bits per heavy atom. The summed E-state index contributed by atoms with van der Waals surface area (Å²) in [6, 6.07) is 0. The molecule has 2 heteroatoms. The fourth-order valence-electron chi connectivity index (χ4n) is 3.91. The lowest BCUT2D eigenvalue weighted by Gasteiger charge is -2.36. The molecule has 0 aromatic carbocycles. The van der Waals surface area contributed by atoms with Gasteiger partial charge < -0.3 is 4.74 Å². The zero-order valence-electron chi connectivity index (χ0n) is 11.5. The van der Waals surface area contributed by atoms with Gasteiger partial charge in [-0.05, 0) is 49.0 Å². The summed E-state index contributed by atoms with van der Waals surface area (Å²) in [5, 5.41) is 0. The third kappa shape index (κ3) is 1.87. The van der Waals surface area contributed by atoms with Crippen LogP contribution in [0.5, 0.6) is 0 Å². The standard InChI is InChI=1S/C15H24O2/c1-11(9-16)5-6-12-7-13-8-15(13,10-17-4)14(12,2)3/h5,9,12-13H,6-8,10H2,1-4H3. The summed E-state index contributed by atoms with van der Waals surface area (Å²) in [7, 11) is 1.81. The van der Waals surface area contributed by atoms with E-state index in [0.29, 0.717) is 16.7 Å². The zero-order chi connectivity index (χ0) is 12.7. The first-order valence-corrected chi connectivity index (χ1v) is 6.59. The van der Waals surface area contributed by atoms with Gasteiger partial charge in [-0.25, -0.2) is 0 Å². The van der Waals surface area contributed by atoms with Crippen molar-refractivity contribution in [3.8, 4) is 0 Å². The lowest BCUT2D eigenvalue weighted by Crippen LogP contribution is -2.32. The highest BCUT2D eigenvalue weighted by Crippen LogP contribution is 2.74. The monoisotopic (exact) mass is 236 g/mol. The van der Waals surface area contributed by atoms with Crippen molar-refractivity contribution in [1.29, 1.82) is 0 Å². The lowest BCUT2D eigenvalue weighted by molar-refractivity contribution is -0.104. The van der Waals surface area contributed by atoms with E-state index in [1.165, 1.54) is 12.8 Å². The minimum absolute atomic E-state index is 0.341. The maximum atomic E-state index is 10.6. The molecule has 17 heavy (non-hydrogen) atoms. The summed E-state index contributed by atoms with van der Waals surface area (Å²) in [6.07, 6.45) is 6.73. The molecule has 2 fully saturated rings. The molecule has 0 saturated heterocycles. The Bertz CT molecular complexity index is 343. The van der Waals surface area contributed by atoms with Crippen LogP contribution in [0.25, 0.3) is 0 Å². The van der Waals surface area contributed by atoms with Crippen LogP contribution in [0.3, 0.4) is 0 Å². The van der Waals surface area contributed by atoms with Crippen LogP contribution >= 0.6 is 0 Å². The summed E-state index contributed by atoms with van der Waals surface area (Å²) in [4.78, 5) is 10.6. The number of methoxy groups -OCH3 is 1. The molecule has 2 nitrogen and oxygen atoms in total. The minimum Gasteiger partial charge on any atom is -0.384 e. The molecule has 2 saturated carbocycles. The zero-order valence-corrected chi connectivity index (χ0v) is 11.5. The van der Waals surface area contributed by atoms with E-state index in [2.05, 4.69) is 19.9 Å². The summed E-state index contributed by atoms with van der Waals surface area (Å²) in [6.45, 7) is 7.56. The molecule has 3 unspecified atom stereocenters. The maximum Gasteiger partial charge on any atom is 0.145 e.